The SMILES string of the molecule is CCc1cccc(Cl)c1CSc1ccc(N)c(/C(C=O)=C/c2[nH]c(C)c(CC)c2C)c1. The lowest BCUT2D eigenvalue weighted by molar-refractivity contribution is -0.103. The number of nitrogen functional groups attached to an aromatic ring is 1. The van der Waals surface area contributed by atoms with E-state index in [0.29, 0.717) is 11.3 Å². The molecule has 0 aliphatic rings. The summed E-state index contributed by atoms with van der Waals surface area (Å²) in [6.45, 7) is 8.42. The number of nitrogens with two attached hydrogens (primary N) is 1. The number of H-pyrrole nitrogens is 1. The molecular weight excluding hydrogens is 424 g/mol. The van der Waals surface area contributed by atoms with Crippen molar-refractivity contribution in [1.29, 1.82) is 0 Å². The Morgan fingerprint density at radius 1 is 1.13 bits per heavy atom. The van der Waals surface area contributed by atoms with Crippen molar-refractivity contribution in [3.63, 3.8) is 0 Å². The molecule has 2 aromatic carbocycles. The van der Waals surface area contributed by atoms with Gasteiger partial charge in [0.15, 0.2) is 6.29 Å². The van der Waals surface area contributed by atoms with Gasteiger partial charge in [0.2, 0.25) is 0 Å². The van der Waals surface area contributed by atoms with E-state index in [9.17, 15) is 4.79 Å². The second-order valence-electron chi connectivity index (χ2n) is 7.61. The number of anilines is 1. The Hall–Kier alpha value is -2.43. The van der Waals surface area contributed by atoms with Crippen molar-refractivity contribution in [2.45, 2.75) is 51.2 Å². The van der Waals surface area contributed by atoms with Gasteiger partial charge in [-0.1, -0.05) is 37.6 Å². The zero-order valence-electron chi connectivity index (χ0n) is 18.5. The van der Waals surface area contributed by atoms with Crippen molar-refractivity contribution in [2.75, 3.05) is 5.73 Å². The Bertz CT molecular complexity index is 1130. The standard InChI is InChI=1S/C26H29ClN2OS/c1-5-18-8-7-9-24(27)23(18)15-31-20-10-11-25(28)22(13-20)19(14-30)12-26-16(3)21(6-2)17(4)29-26/h7-14,29H,5-6,15,28H2,1-4H3/b19-12+. The van der Waals surface area contributed by atoms with E-state index in [1.807, 2.05) is 36.4 Å². The number of aryl methyl sites for hydroxylation is 2. The van der Waals surface area contributed by atoms with Crippen molar-refractivity contribution in [3.05, 3.63) is 80.6 Å². The van der Waals surface area contributed by atoms with Gasteiger partial charge in [-0.2, -0.15) is 0 Å². The van der Waals surface area contributed by atoms with Crippen LogP contribution >= 0.6 is 23.4 Å². The summed E-state index contributed by atoms with van der Waals surface area (Å²) >= 11 is 8.14. The molecule has 0 saturated carbocycles. The van der Waals surface area contributed by atoms with Crippen LogP contribution < -0.4 is 5.73 Å². The van der Waals surface area contributed by atoms with Gasteiger partial charge in [-0.05, 0) is 79.3 Å². The number of nitrogens with one attached hydrogen (secondary N) is 1. The number of benzene rings is 2. The predicted octanol–water partition coefficient (Wildman–Crippen LogP) is 7.02. The van der Waals surface area contributed by atoms with Gasteiger partial charge in [-0.15, -0.1) is 11.8 Å². The van der Waals surface area contributed by atoms with E-state index in [-0.39, 0.29) is 0 Å². The van der Waals surface area contributed by atoms with Crippen LogP contribution in [0, 0.1) is 13.8 Å². The summed E-state index contributed by atoms with van der Waals surface area (Å²) in [7, 11) is 0. The zero-order chi connectivity index (χ0) is 22.5. The molecule has 162 valence electrons. The summed E-state index contributed by atoms with van der Waals surface area (Å²) in [5.41, 5.74) is 15.1. The highest BCUT2D eigenvalue weighted by atomic mass is 35.5. The smallest absolute Gasteiger partial charge is 0.150 e. The zero-order valence-corrected chi connectivity index (χ0v) is 20.1. The Labute approximate surface area is 194 Å². The maximum absolute atomic E-state index is 12.0. The average Bonchev–Trinajstić information content (AvgIpc) is 3.04. The first-order valence-electron chi connectivity index (χ1n) is 10.5. The largest absolute Gasteiger partial charge is 0.398 e. The molecule has 0 fully saturated rings. The van der Waals surface area contributed by atoms with Crippen LogP contribution in [0.2, 0.25) is 5.02 Å². The molecule has 0 aliphatic heterocycles. The maximum atomic E-state index is 12.0. The van der Waals surface area contributed by atoms with Gasteiger partial charge in [0.1, 0.15) is 0 Å². The normalized spacial score (nSPS) is 11.7. The lowest BCUT2D eigenvalue weighted by atomic mass is 10.0. The summed E-state index contributed by atoms with van der Waals surface area (Å²) in [4.78, 5) is 16.4. The molecule has 0 aliphatic carbocycles. The van der Waals surface area contributed by atoms with Gasteiger partial charge in [0, 0.05) is 43.9 Å². The average molecular weight is 453 g/mol. The van der Waals surface area contributed by atoms with Crippen molar-refractivity contribution in [2.24, 2.45) is 0 Å². The van der Waals surface area contributed by atoms with Crippen molar-refractivity contribution >= 4 is 47.0 Å². The molecule has 0 radical (unpaired) electrons. The van der Waals surface area contributed by atoms with Crippen LogP contribution in [0.5, 0.6) is 0 Å². The lowest BCUT2D eigenvalue weighted by Gasteiger charge is -2.12. The Kier molecular flexibility index (Phi) is 7.69. The van der Waals surface area contributed by atoms with Gasteiger partial charge in [0.05, 0.1) is 0 Å². The second-order valence-corrected chi connectivity index (χ2v) is 9.06. The van der Waals surface area contributed by atoms with Gasteiger partial charge < -0.3 is 10.7 Å². The van der Waals surface area contributed by atoms with E-state index in [1.54, 1.807) is 11.8 Å². The number of carbonyl (C=O) groups excluding carboxylic acids is 1. The maximum Gasteiger partial charge on any atom is 0.150 e. The van der Waals surface area contributed by atoms with Crippen molar-refractivity contribution < 1.29 is 4.79 Å². The minimum absolute atomic E-state index is 0.568. The molecular formula is C26H29ClN2OS. The number of carbonyl (C=O) groups is 1. The number of hydrogen-bond acceptors (Lipinski definition) is 3. The van der Waals surface area contributed by atoms with Crippen LogP contribution in [0.1, 0.15) is 53.1 Å². The monoisotopic (exact) mass is 452 g/mol. The van der Waals surface area contributed by atoms with E-state index in [2.05, 4.69) is 38.7 Å². The molecule has 0 unspecified atom stereocenters. The first kappa shape index (κ1) is 23.2. The number of hydrogen-bond donors (Lipinski definition) is 2. The third-order valence-corrected chi connectivity index (χ3v) is 7.10. The lowest BCUT2D eigenvalue weighted by Crippen LogP contribution is -1.96. The summed E-state index contributed by atoms with van der Waals surface area (Å²) in [5, 5.41) is 0.792. The van der Waals surface area contributed by atoms with E-state index in [1.165, 1.54) is 16.7 Å². The fourth-order valence-electron chi connectivity index (χ4n) is 3.95. The first-order chi connectivity index (χ1) is 14.9. The summed E-state index contributed by atoms with van der Waals surface area (Å²) in [6.07, 6.45) is 4.67. The first-order valence-corrected chi connectivity index (χ1v) is 11.9. The summed E-state index contributed by atoms with van der Waals surface area (Å²) in [5.74, 6) is 0.765. The van der Waals surface area contributed by atoms with Gasteiger partial charge in [0.25, 0.3) is 0 Å². The third-order valence-electron chi connectivity index (χ3n) is 5.73. The van der Waals surface area contributed by atoms with E-state index in [0.717, 1.165) is 57.3 Å². The summed E-state index contributed by atoms with van der Waals surface area (Å²) in [6, 6.07) is 11.9. The summed E-state index contributed by atoms with van der Waals surface area (Å²) < 4.78 is 0. The molecule has 0 bridgehead atoms. The number of allylic oxidation sites excluding steroid dienone is 1. The molecule has 31 heavy (non-hydrogen) atoms. The van der Waals surface area contributed by atoms with Crippen LogP contribution in [0.3, 0.4) is 0 Å². The van der Waals surface area contributed by atoms with Gasteiger partial charge >= 0.3 is 0 Å². The molecule has 3 nitrogen and oxygen atoms in total. The Morgan fingerprint density at radius 3 is 2.55 bits per heavy atom. The number of aldehydes is 1. The van der Waals surface area contributed by atoms with Crippen LogP contribution in [-0.2, 0) is 23.4 Å². The van der Waals surface area contributed by atoms with E-state index >= 15 is 0 Å². The molecule has 1 heterocycles. The number of halogens is 1. The highest BCUT2D eigenvalue weighted by molar-refractivity contribution is 7.98. The number of thioether (sulfide) groups is 1. The topological polar surface area (TPSA) is 58.9 Å². The third kappa shape index (κ3) is 5.08. The molecule has 0 saturated heterocycles. The number of aromatic amines is 1. The number of rotatable bonds is 8. The molecule has 1 aromatic heterocycles. The molecule has 0 atom stereocenters. The van der Waals surface area contributed by atoms with Crippen LogP contribution in [-0.4, -0.2) is 11.3 Å². The minimum Gasteiger partial charge on any atom is -0.398 e. The molecule has 3 N–H and O–H groups in total. The molecule has 5 heteroatoms. The molecule has 3 aromatic rings. The molecule has 3 rings (SSSR count). The van der Waals surface area contributed by atoms with Crippen molar-refractivity contribution in [3.8, 4) is 0 Å². The van der Waals surface area contributed by atoms with E-state index in [4.69, 9.17) is 17.3 Å². The Morgan fingerprint density at radius 2 is 1.90 bits per heavy atom. The van der Waals surface area contributed by atoms with Crippen LogP contribution in [0.4, 0.5) is 5.69 Å². The minimum atomic E-state index is 0.568. The fraction of sp³-hybridized carbons (Fsp3) is 0.269. The number of aromatic nitrogens is 1. The van der Waals surface area contributed by atoms with Crippen molar-refractivity contribution in [1.82, 2.24) is 4.98 Å². The van der Waals surface area contributed by atoms with Gasteiger partial charge in [-0.25, -0.2) is 0 Å². The van der Waals surface area contributed by atoms with E-state index < -0.39 is 0 Å². The highest BCUT2D eigenvalue weighted by Crippen LogP contribution is 2.33. The second kappa shape index (κ2) is 10.3. The van der Waals surface area contributed by atoms with Crippen LogP contribution in [0.15, 0.2) is 41.3 Å². The molecule has 0 amide bonds. The highest BCUT2D eigenvalue weighted by Gasteiger charge is 2.13. The Balaban J connectivity index is 1.92. The predicted molar refractivity (Wildman–Crippen MR) is 135 cm³/mol. The quantitative estimate of drug-likeness (QED) is 0.167. The molecule has 0 spiro atoms. The van der Waals surface area contributed by atoms with Gasteiger partial charge in [-0.3, -0.25) is 4.79 Å². The van der Waals surface area contributed by atoms with Crippen LogP contribution in [0.25, 0.3) is 11.6 Å². The fourth-order valence-corrected chi connectivity index (χ4v) is 5.30.